The van der Waals surface area contributed by atoms with Crippen molar-refractivity contribution in [2.75, 3.05) is 30.7 Å². The average Bonchev–Trinajstić information content (AvgIpc) is 2.45. The van der Waals surface area contributed by atoms with Crippen LogP contribution in [-0.2, 0) is 0 Å². The number of hydrogen-bond acceptors (Lipinski definition) is 5. The lowest BCUT2D eigenvalue weighted by Gasteiger charge is -2.24. The lowest BCUT2D eigenvalue weighted by atomic mass is 10.3. The number of nitrogen functional groups attached to an aromatic ring is 1. The molecular formula is C15H23N5. The molecule has 2 aromatic rings. The Bertz CT molecular complexity index is 565. The Balaban J connectivity index is 2.14. The molecule has 0 bridgehead atoms. The first-order valence-corrected chi connectivity index (χ1v) is 7.15. The van der Waals surface area contributed by atoms with Gasteiger partial charge >= 0.3 is 0 Å². The number of nitrogens with two attached hydrogens (primary N) is 1. The van der Waals surface area contributed by atoms with Crippen molar-refractivity contribution < 1.29 is 0 Å². The molecular weight excluding hydrogens is 250 g/mol. The summed E-state index contributed by atoms with van der Waals surface area (Å²) in [7, 11) is 0. The molecule has 0 fully saturated rings. The maximum absolute atomic E-state index is 5.98. The molecule has 1 aromatic carbocycles. The van der Waals surface area contributed by atoms with E-state index >= 15 is 0 Å². The molecule has 0 spiro atoms. The summed E-state index contributed by atoms with van der Waals surface area (Å²) in [6.07, 6.45) is 0. The van der Waals surface area contributed by atoms with Gasteiger partial charge in [0.25, 0.3) is 0 Å². The fourth-order valence-corrected chi connectivity index (χ4v) is 2.27. The average molecular weight is 273 g/mol. The first-order chi connectivity index (χ1) is 9.63. The van der Waals surface area contributed by atoms with Crippen LogP contribution in [0.25, 0.3) is 11.0 Å². The molecule has 2 rings (SSSR count). The Morgan fingerprint density at radius 2 is 1.75 bits per heavy atom. The molecule has 1 heterocycles. The minimum absolute atomic E-state index is 0.271. The van der Waals surface area contributed by atoms with Gasteiger partial charge in [-0.3, -0.25) is 0 Å². The van der Waals surface area contributed by atoms with E-state index in [1.165, 1.54) is 0 Å². The Hall–Kier alpha value is -1.88. The molecule has 0 aliphatic heterocycles. The lowest BCUT2D eigenvalue weighted by molar-refractivity contribution is 0.294. The monoisotopic (exact) mass is 273 g/mol. The number of nitrogens with zero attached hydrogens (tertiary/aromatic N) is 3. The minimum Gasteiger partial charge on any atom is -0.381 e. The van der Waals surface area contributed by atoms with E-state index in [0.29, 0.717) is 11.6 Å². The molecule has 1 atom stereocenters. The molecule has 0 radical (unpaired) electrons. The maximum Gasteiger partial charge on any atom is 0.169 e. The third kappa shape index (κ3) is 3.36. The van der Waals surface area contributed by atoms with Crippen molar-refractivity contribution in [3.8, 4) is 0 Å². The highest BCUT2D eigenvalue weighted by Gasteiger charge is 2.11. The summed E-state index contributed by atoms with van der Waals surface area (Å²) >= 11 is 0. The van der Waals surface area contributed by atoms with Crippen molar-refractivity contribution in [1.29, 1.82) is 0 Å². The van der Waals surface area contributed by atoms with Crippen LogP contribution in [0, 0.1) is 0 Å². The number of hydrogen-bond donors (Lipinski definition) is 2. The number of nitrogens with one attached hydrogen (secondary N) is 1. The highest BCUT2D eigenvalue weighted by atomic mass is 15.2. The standard InChI is InChI=1S/C15H23N5/c1-4-20(5-2)10-11(3)17-15-14(16)18-12-8-6-7-9-13(12)19-15/h6-9,11H,4-5,10H2,1-3H3,(H2,16,18)(H,17,19). The SMILES string of the molecule is CCN(CC)CC(C)Nc1nc2ccccc2nc1N. The van der Waals surface area contributed by atoms with E-state index in [-0.39, 0.29) is 6.04 Å². The van der Waals surface area contributed by atoms with Gasteiger partial charge in [-0.1, -0.05) is 26.0 Å². The lowest BCUT2D eigenvalue weighted by Crippen LogP contribution is -2.35. The third-order valence-electron chi connectivity index (χ3n) is 3.41. The molecule has 20 heavy (non-hydrogen) atoms. The summed E-state index contributed by atoms with van der Waals surface area (Å²) in [5, 5.41) is 3.36. The van der Waals surface area contributed by atoms with Crippen molar-refractivity contribution >= 4 is 22.7 Å². The van der Waals surface area contributed by atoms with E-state index in [1.807, 2.05) is 24.3 Å². The second-order valence-electron chi connectivity index (χ2n) is 4.98. The van der Waals surface area contributed by atoms with E-state index in [2.05, 4.69) is 41.0 Å². The molecule has 5 nitrogen and oxygen atoms in total. The normalized spacial score (nSPS) is 12.8. The van der Waals surface area contributed by atoms with Crippen LogP contribution in [0.3, 0.4) is 0 Å². The Kier molecular flexibility index (Phi) is 4.74. The molecule has 108 valence electrons. The van der Waals surface area contributed by atoms with E-state index < -0.39 is 0 Å². The molecule has 3 N–H and O–H groups in total. The zero-order valence-corrected chi connectivity index (χ0v) is 12.4. The number of likely N-dealkylation sites (N-methyl/N-ethyl adjacent to an activating group) is 1. The Morgan fingerprint density at radius 1 is 1.15 bits per heavy atom. The second kappa shape index (κ2) is 6.52. The fraction of sp³-hybridized carbons (Fsp3) is 0.467. The van der Waals surface area contributed by atoms with Crippen LogP contribution < -0.4 is 11.1 Å². The minimum atomic E-state index is 0.271. The van der Waals surface area contributed by atoms with Gasteiger partial charge in [0.2, 0.25) is 0 Å². The molecule has 1 unspecified atom stereocenters. The summed E-state index contributed by atoms with van der Waals surface area (Å²) in [6, 6.07) is 8.03. The summed E-state index contributed by atoms with van der Waals surface area (Å²) in [6.45, 7) is 9.51. The van der Waals surface area contributed by atoms with Gasteiger partial charge in [-0.15, -0.1) is 0 Å². The fourth-order valence-electron chi connectivity index (χ4n) is 2.27. The first kappa shape index (κ1) is 14.5. The van der Waals surface area contributed by atoms with Gasteiger partial charge in [-0.2, -0.15) is 0 Å². The smallest absolute Gasteiger partial charge is 0.169 e. The van der Waals surface area contributed by atoms with Gasteiger partial charge in [0.05, 0.1) is 11.0 Å². The highest BCUT2D eigenvalue weighted by Crippen LogP contribution is 2.19. The largest absolute Gasteiger partial charge is 0.381 e. The van der Waals surface area contributed by atoms with Crippen molar-refractivity contribution in [2.24, 2.45) is 0 Å². The Morgan fingerprint density at radius 3 is 2.35 bits per heavy atom. The number of benzene rings is 1. The van der Waals surface area contributed by atoms with Gasteiger partial charge in [0, 0.05) is 12.6 Å². The number of aromatic nitrogens is 2. The van der Waals surface area contributed by atoms with Crippen molar-refractivity contribution in [1.82, 2.24) is 14.9 Å². The summed E-state index contributed by atoms with van der Waals surface area (Å²) in [4.78, 5) is 11.3. The van der Waals surface area contributed by atoms with E-state index in [9.17, 15) is 0 Å². The van der Waals surface area contributed by atoms with Gasteiger partial charge in [-0.25, -0.2) is 9.97 Å². The van der Waals surface area contributed by atoms with Crippen LogP contribution in [0.2, 0.25) is 0 Å². The molecule has 5 heteroatoms. The molecule has 0 amide bonds. The third-order valence-corrected chi connectivity index (χ3v) is 3.41. The van der Waals surface area contributed by atoms with Gasteiger partial charge in [-0.05, 0) is 32.1 Å². The van der Waals surface area contributed by atoms with E-state index in [1.54, 1.807) is 0 Å². The second-order valence-corrected chi connectivity index (χ2v) is 4.98. The van der Waals surface area contributed by atoms with E-state index in [0.717, 1.165) is 30.7 Å². The zero-order valence-electron chi connectivity index (χ0n) is 12.4. The van der Waals surface area contributed by atoms with Crippen LogP contribution in [0.4, 0.5) is 11.6 Å². The van der Waals surface area contributed by atoms with Gasteiger partial charge < -0.3 is 16.0 Å². The van der Waals surface area contributed by atoms with Crippen LogP contribution in [0.15, 0.2) is 24.3 Å². The number of fused-ring (bicyclic) bond motifs is 1. The van der Waals surface area contributed by atoms with Gasteiger partial charge in [0.15, 0.2) is 11.6 Å². The predicted molar refractivity (Wildman–Crippen MR) is 84.8 cm³/mol. The number of anilines is 2. The molecule has 0 saturated heterocycles. The van der Waals surface area contributed by atoms with Crippen molar-refractivity contribution in [3.05, 3.63) is 24.3 Å². The summed E-state index contributed by atoms with van der Waals surface area (Å²) in [5.41, 5.74) is 7.67. The number of para-hydroxylation sites is 2. The van der Waals surface area contributed by atoms with Crippen LogP contribution >= 0.6 is 0 Å². The van der Waals surface area contributed by atoms with Crippen molar-refractivity contribution in [2.45, 2.75) is 26.8 Å². The molecule has 0 saturated carbocycles. The quantitative estimate of drug-likeness (QED) is 0.845. The Labute approximate surface area is 120 Å². The van der Waals surface area contributed by atoms with E-state index in [4.69, 9.17) is 5.73 Å². The first-order valence-electron chi connectivity index (χ1n) is 7.15. The number of rotatable bonds is 6. The predicted octanol–water partition coefficient (Wildman–Crippen LogP) is 2.35. The molecule has 0 aliphatic carbocycles. The topological polar surface area (TPSA) is 67.1 Å². The van der Waals surface area contributed by atoms with Crippen molar-refractivity contribution in [3.63, 3.8) is 0 Å². The zero-order chi connectivity index (χ0) is 14.5. The van der Waals surface area contributed by atoms with Gasteiger partial charge in [0.1, 0.15) is 0 Å². The summed E-state index contributed by atoms with van der Waals surface area (Å²) in [5.74, 6) is 1.12. The molecule has 0 aliphatic rings. The van der Waals surface area contributed by atoms with Crippen LogP contribution in [-0.4, -0.2) is 40.5 Å². The maximum atomic E-state index is 5.98. The summed E-state index contributed by atoms with van der Waals surface area (Å²) < 4.78 is 0. The molecule has 1 aromatic heterocycles. The van der Waals surface area contributed by atoms with Crippen LogP contribution in [0.1, 0.15) is 20.8 Å². The van der Waals surface area contributed by atoms with Crippen LogP contribution in [0.5, 0.6) is 0 Å². The highest BCUT2D eigenvalue weighted by molar-refractivity contribution is 5.79.